The van der Waals surface area contributed by atoms with Gasteiger partial charge in [-0.2, -0.15) is 0 Å². The van der Waals surface area contributed by atoms with Gasteiger partial charge in [0.1, 0.15) is 5.75 Å². The molecule has 0 unspecified atom stereocenters. The molecule has 0 aliphatic rings. The van der Waals surface area contributed by atoms with Gasteiger partial charge < -0.3 is 4.74 Å². The number of ether oxygens (including phenoxy) is 1. The van der Waals surface area contributed by atoms with Crippen molar-refractivity contribution < 1.29 is 4.74 Å². The van der Waals surface area contributed by atoms with Gasteiger partial charge in [0.15, 0.2) is 11.0 Å². The van der Waals surface area contributed by atoms with Crippen LogP contribution in [0, 0.1) is 5.92 Å². The third-order valence-electron chi connectivity index (χ3n) is 3.07. The van der Waals surface area contributed by atoms with E-state index in [0.717, 1.165) is 28.0 Å². The summed E-state index contributed by atoms with van der Waals surface area (Å²) in [5, 5.41) is 9.76. The summed E-state index contributed by atoms with van der Waals surface area (Å²) < 4.78 is 7.41. The minimum Gasteiger partial charge on any atom is -0.497 e. The zero-order chi connectivity index (χ0) is 15.4. The molecule has 1 heterocycles. The summed E-state index contributed by atoms with van der Waals surface area (Å²) in [6.45, 7) is 8.76. The highest BCUT2D eigenvalue weighted by Crippen LogP contribution is 2.29. The Labute approximate surface area is 130 Å². The molecule has 5 heteroatoms. The lowest BCUT2D eigenvalue weighted by Crippen LogP contribution is -2.06. The third kappa shape index (κ3) is 3.79. The van der Waals surface area contributed by atoms with E-state index in [1.54, 1.807) is 18.9 Å². The molecule has 0 amide bonds. The summed E-state index contributed by atoms with van der Waals surface area (Å²) in [5.74, 6) is 3.45. The van der Waals surface area contributed by atoms with Crippen LogP contribution in [0.2, 0.25) is 0 Å². The fourth-order valence-electron chi connectivity index (χ4n) is 2.02. The number of nitrogens with zero attached hydrogens (tertiary/aromatic N) is 3. The van der Waals surface area contributed by atoms with Crippen LogP contribution in [-0.4, -0.2) is 27.6 Å². The monoisotopic (exact) mass is 305 g/mol. The summed E-state index contributed by atoms with van der Waals surface area (Å²) in [6.07, 6.45) is 0. The first-order valence-corrected chi connectivity index (χ1v) is 8.23. The molecule has 114 valence electrons. The quantitative estimate of drug-likeness (QED) is 0.747. The molecule has 4 nitrogen and oxygen atoms in total. The van der Waals surface area contributed by atoms with Crippen LogP contribution in [0.5, 0.6) is 5.75 Å². The van der Waals surface area contributed by atoms with Crippen LogP contribution in [0.3, 0.4) is 0 Å². The van der Waals surface area contributed by atoms with E-state index in [-0.39, 0.29) is 0 Å². The van der Waals surface area contributed by atoms with Crippen molar-refractivity contribution in [3.05, 3.63) is 24.3 Å². The highest BCUT2D eigenvalue weighted by atomic mass is 32.2. The molecule has 0 aliphatic carbocycles. The Bertz CT molecular complexity index is 576. The second-order valence-corrected chi connectivity index (χ2v) is 6.69. The van der Waals surface area contributed by atoms with E-state index in [2.05, 4.69) is 42.5 Å². The number of rotatable bonds is 6. The fraction of sp³-hybridized carbons (Fsp3) is 0.500. The van der Waals surface area contributed by atoms with Crippen LogP contribution in [0.4, 0.5) is 0 Å². The molecule has 21 heavy (non-hydrogen) atoms. The van der Waals surface area contributed by atoms with Gasteiger partial charge in [0.25, 0.3) is 0 Å². The molecule has 0 N–H and O–H groups in total. The predicted octanol–water partition coefficient (Wildman–Crippen LogP) is 4.28. The van der Waals surface area contributed by atoms with Crippen molar-refractivity contribution in [3.8, 4) is 17.1 Å². The van der Waals surface area contributed by atoms with E-state index in [1.807, 2.05) is 24.3 Å². The van der Waals surface area contributed by atoms with E-state index in [0.29, 0.717) is 12.0 Å². The zero-order valence-corrected chi connectivity index (χ0v) is 14.1. The van der Waals surface area contributed by atoms with Crippen molar-refractivity contribution >= 4 is 11.8 Å². The fourth-order valence-corrected chi connectivity index (χ4v) is 3.04. The van der Waals surface area contributed by atoms with Gasteiger partial charge in [-0.1, -0.05) is 25.6 Å². The van der Waals surface area contributed by atoms with Crippen molar-refractivity contribution in [2.24, 2.45) is 5.92 Å². The summed E-state index contributed by atoms with van der Waals surface area (Å²) in [5.41, 5.74) is 1.06. The molecule has 1 aromatic heterocycles. The van der Waals surface area contributed by atoms with E-state index >= 15 is 0 Å². The number of aromatic nitrogens is 3. The van der Waals surface area contributed by atoms with E-state index < -0.39 is 0 Å². The molecule has 2 rings (SSSR count). The predicted molar refractivity (Wildman–Crippen MR) is 88.0 cm³/mol. The molecule has 0 bridgehead atoms. The molecule has 0 atom stereocenters. The molecular weight excluding hydrogens is 282 g/mol. The van der Waals surface area contributed by atoms with Gasteiger partial charge in [0.2, 0.25) is 0 Å². The highest BCUT2D eigenvalue weighted by molar-refractivity contribution is 7.99. The Morgan fingerprint density at radius 3 is 2.29 bits per heavy atom. The molecule has 2 aromatic rings. The topological polar surface area (TPSA) is 39.9 Å². The van der Waals surface area contributed by atoms with Gasteiger partial charge in [-0.05, 0) is 44.0 Å². The van der Waals surface area contributed by atoms with Crippen LogP contribution in [0.25, 0.3) is 11.4 Å². The Morgan fingerprint density at radius 2 is 1.76 bits per heavy atom. The minimum atomic E-state index is 0.326. The van der Waals surface area contributed by atoms with Crippen molar-refractivity contribution in [1.82, 2.24) is 14.8 Å². The highest BCUT2D eigenvalue weighted by Gasteiger charge is 2.17. The van der Waals surface area contributed by atoms with Gasteiger partial charge in [-0.15, -0.1) is 10.2 Å². The number of methoxy groups -OCH3 is 1. The van der Waals surface area contributed by atoms with Gasteiger partial charge in [-0.3, -0.25) is 4.57 Å². The smallest absolute Gasteiger partial charge is 0.191 e. The molecule has 0 aliphatic heterocycles. The Kier molecular flexibility index (Phi) is 5.28. The second kappa shape index (κ2) is 6.98. The molecule has 0 saturated carbocycles. The summed E-state index contributed by atoms with van der Waals surface area (Å²) in [7, 11) is 1.67. The van der Waals surface area contributed by atoms with E-state index in [9.17, 15) is 0 Å². The van der Waals surface area contributed by atoms with Crippen LogP contribution < -0.4 is 4.74 Å². The van der Waals surface area contributed by atoms with Crippen molar-refractivity contribution in [3.63, 3.8) is 0 Å². The summed E-state index contributed by atoms with van der Waals surface area (Å²) in [4.78, 5) is 0. The number of thioether (sulfide) groups is 1. The van der Waals surface area contributed by atoms with Crippen LogP contribution in [0.1, 0.15) is 33.7 Å². The largest absolute Gasteiger partial charge is 0.497 e. The average Bonchev–Trinajstić information content (AvgIpc) is 2.89. The van der Waals surface area contributed by atoms with Gasteiger partial charge in [0.05, 0.1) is 7.11 Å². The SMILES string of the molecule is COc1ccc(-c2nnc(SCC(C)C)n2C(C)C)cc1. The first kappa shape index (κ1) is 15.9. The van der Waals surface area contributed by atoms with E-state index in [4.69, 9.17) is 4.74 Å². The molecule has 1 aromatic carbocycles. The van der Waals surface area contributed by atoms with Crippen LogP contribution in [-0.2, 0) is 0 Å². The summed E-state index contributed by atoms with van der Waals surface area (Å²) >= 11 is 1.77. The van der Waals surface area contributed by atoms with Crippen LogP contribution >= 0.6 is 11.8 Å². The van der Waals surface area contributed by atoms with Gasteiger partial charge in [0, 0.05) is 17.4 Å². The molecule has 0 fully saturated rings. The lowest BCUT2D eigenvalue weighted by Gasteiger charge is -2.14. The van der Waals surface area contributed by atoms with E-state index in [1.165, 1.54) is 0 Å². The Balaban J connectivity index is 2.34. The normalized spacial score (nSPS) is 11.4. The Morgan fingerprint density at radius 1 is 1.10 bits per heavy atom. The van der Waals surface area contributed by atoms with Gasteiger partial charge in [-0.25, -0.2) is 0 Å². The van der Waals surface area contributed by atoms with Crippen molar-refractivity contribution in [2.45, 2.75) is 38.9 Å². The number of benzene rings is 1. The lowest BCUT2D eigenvalue weighted by molar-refractivity contribution is 0.415. The maximum absolute atomic E-state index is 5.21. The first-order chi connectivity index (χ1) is 10.0. The standard InChI is InChI=1S/C16H23N3OS/c1-11(2)10-21-16-18-17-15(19(16)12(3)4)13-6-8-14(20-5)9-7-13/h6-9,11-12H,10H2,1-5H3. The lowest BCUT2D eigenvalue weighted by atomic mass is 10.2. The van der Waals surface area contributed by atoms with Gasteiger partial charge >= 0.3 is 0 Å². The molecule has 0 radical (unpaired) electrons. The first-order valence-electron chi connectivity index (χ1n) is 7.25. The third-order valence-corrected chi connectivity index (χ3v) is 4.44. The number of hydrogen-bond acceptors (Lipinski definition) is 4. The maximum atomic E-state index is 5.21. The Hall–Kier alpha value is -1.49. The van der Waals surface area contributed by atoms with Crippen LogP contribution in [0.15, 0.2) is 29.4 Å². The number of hydrogen-bond donors (Lipinski definition) is 0. The van der Waals surface area contributed by atoms with Crippen molar-refractivity contribution in [2.75, 3.05) is 12.9 Å². The maximum Gasteiger partial charge on any atom is 0.191 e. The molecular formula is C16H23N3OS. The average molecular weight is 305 g/mol. The minimum absolute atomic E-state index is 0.326. The van der Waals surface area contributed by atoms with Crippen molar-refractivity contribution in [1.29, 1.82) is 0 Å². The zero-order valence-electron chi connectivity index (χ0n) is 13.3. The molecule has 0 spiro atoms. The second-order valence-electron chi connectivity index (χ2n) is 5.70. The summed E-state index contributed by atoms with van der Waals surface area (Å²) in [6, 6.07) is 8.29. The molecule has 0 saturated heterocycles.